The van der Waals surface area contributed by atoms with Crippen LogP contribution in [0, 0.1) is 0 Å². The molecule has 0 aliphatic carbocycles. The lowest BCUT2D eigenvalue weighted by Gasteiger charge is -2.29. The van der Waals surface area contributed by atoms with Crippen LogP contribution >= 0.6 is 0 Å². The van der Waals surface area contributed by atoms with Gasteiger partial charge in [-0.05, 0) is 27.7 Å². The van der Waals surface area contributed by atoms with Gasteiger partial charge in [0.1, 0.15) is 11.6 Å². The first-order chi connectivity index (χ1) is 12.2. The molecule has 0 heterocycles. The fraction of sp³-hybridized carbons (Fsp3) is 0.882. The molecule has 0 aromatic carbocycles. The molecular formula is C17H33NO8. The zero-order valence-corrected chi connectivity index (χ0v) is 16.5. The molecule has 0 aliphatic heterocycles. The van der Waals surface area contributed by atoms with Crippen LogP contribution in [0.3, 0.4) is 0 Å². The van der Waals surface area contributed by atoms with Crippen molar-refractivity contribution in [2.24, 2.45) is 0 Å². The number of carboxylic acid groups (broad SMARTS) is 1. The van der Waals surface area contributed by atoms with Gasteiger partial charge in [0.25, 0.3) is 0 Å². The molecule has 0 aromatic heterocycles. The van der Waals surface area contributed by atoms with Crippen LogP contribution in [0.4, 0.5) is 4.79 Å². The lowest BCUT2D eigenvalue weighted by atomic mass is 10.2. The van der Waals surface area contributed by atoms with Crippen molar-refractivity contribution in [3.05, 3.63) is 0 Å². The predicted octanol–water partition coefficient (Wildman–Crippen LogP) is 1.39. The summed E-state index contributed by atoms with van der Waals surface area (Å²) in [5.41, 5.74) is -0.701. The number of nitrogens with zero attached hydrogens (tertiary/aromatic N) is 1. The Hall–Kier alpha value is -1.42. The Morgan fingerprint density at radius 3 is 1.81 bits per heavy atom. The number of methoxy groups -OCH3 is 1. The average molecular weight is 379 g/mol. The first kappa shape index (κ1) is 24.6. The maximum Gasteiger partial charge on any atom is 0.411 e. The number of rotatable bonds is 14. The Morgan fingerprint density at radius 1 is 0.923 bits per heavy atom. The van der Waals surface area contributed by atoms with Gasteiger partial charge < -0.3 is 28.8 Å². The molecule has 0 saturated heterocycles. The molecule has 0 bridgehead atoms. The molecule has 0 saturated carbocycles. The van der Waals surface area contributed by atoms with Crippen molar-refractivity contribution in [1.29, 1.82) is 0 Å². The van der Waals surface area contributed by atoms with Crippen molar-refractivity contribution in [3.8, 4) is 0 Å². The number of carboxylic acids is 1. The Labute approximate surface area is 155 Å². The molecule has 0 spiro atoms. The number of aliphatic carboxylic acids is 1. The molecule has 0 unspecified atom stereocenters. The number of carbonyl (C=O) groups excluding carboxylic acids is 1. The molecule has 1 amide bonds. The van der Waals surface area contributed by atoms with E-state index in [4.69, 9.17) is 28.8 Å². The van der Waals surface area contributed by atoms with Crippen LogP contribution in [0.2, 0.25) is 0 Å². The van der Waals surface area contributed by atoms with Gasteiger partial charge in [-0.3, -0.25) is 4.90 Å². The largest absolute Gasteiger partial charge is 0.480 e. The summed E-state index contributed by atoms with van der Waals surface area (Å²) in [4.78, 5) is 24.5. The van der Waals surface area contributed by atoms with Gasteiger partial charge in [-0.2, -0.15) is 0 Å². The average Bonchev–Trinajstić information content (AvgIpc) is 2.53. The highest BCUT2D eigenvalue weighted by molar-refractivity contribution is 5.79. The number of hydrogen-bond donors (Lipinski definition) is 1. The first-order valence-corrected chi connectivity index (χ1v) is 8.63. The first-order valence-electron chi connectivity index (χ1n) is 8.63. The summed E-state index contributed by atoms with van der Waals surface area (Å²) >= 11 is 0. The maximum absolute atomic E-state index is 12.2. The number of amides is 1. The second kappa shape index (κ2) is 13.7. The van der Waals surface area contributed by atoms with E-state index in [0.717, 1.165) is 4.90 Å². The minimum atomic E-state index is -1.10. The topological polar surface area (TPSA) is 104 Å². The molecule has 154 valence electrons. The van der Waals surface area contributed by atoms with Gasteiger partial charge >= 0.3 is 12.1 Å². The van der Waals surface area contributed by atoms with Crippen LogP contribution in [0.5, 0.6) is 0 Å². The standard InChI is InChI=1S/C17H33NO8/c1-14(15(19)20)18(16(21)26-17(2,3)4)6-7-23-10-11-25-13-12-24-9-8-22-5/h14H,6-13H2,1-5H3,(H,19,20)/t14-/m0/s1. The van der Waals surface area contributed by atoms with Crippen LogP contribution in [0.15, 0.2) is 0 Å². The van der Waals surface area contributed by atoms with Crippen molar-refractivity contribution in [1.82, 2.24) is 4.90 Å². The molecule has 0 aliphatic rings. The van der Waals surface area contributed by atoms with Crippen LogP contribution in [0.25, 0.3) is 0 Å². The van der Waals surface area contributed by atoms with E-state index in [-0.39, 0.29) is 13.2 Å². The normalized spacial score (nSPS) is 12.7. The summed E-state index contributed by atoms with van der Waals surface area (Å²) in [6.07, 6.45) is -0.680. The highest BCUT2D eigenvalue weighted by Crippen LogP contribution is 2.12. The van der Waals surface area contributed by atoms with Crippen LogP contribution in [-0.4, -0.2) is 93.6 Å². The van der Waals surface area contributed by atoms with E-state index in [2.05, 4.69) is 0 Å². The van der Waals surface area contributed by atoms with E-state index in [9.17, 15) is 9.59 Å². The third kappa shape index (κ3) is 12.9. The Morgan fingerprint density at radius 2 is 1.38 bits per heavy atom. The van der Waals surface area contributed by atoms with Gasteiger partial charge in [-0.25, -0.2) is 9.59 Å². The van der Waals surface area contributed by atoms with Crippen molar-refractivity contribution < 1.29 is 38.4 Å². The summed E-state index contributed by atoms with van der Waals surface area (Å²) in [5, 5.41) is 9.15. The molecule has 0 aromatic rings. The number of hydrogen-bond acceptors (Lipinski definition) is 7. The monoisotopic (exact) mass is 379 g/mol. The lowest BCUT2D eigenvalue weighted by Crippen LogP contribution is -2.47. The molecule has 0 rings (SSSR count). The minimum absolute atomic E-state index is 0.114. The summed E-state index contributed by atoms with van der Waals surface area (Å²) in [6.45, 7) is 9.62. The fourth-order valence-electron chi connectivity index (χ4n) is 1.74. The van der Waals surface area contributed by atoms with E-state index in [1.807, 2.05) is 0 Å². The van der Waals surface area contributed by atoms with Gasteiger partial charge in [-0.1, -0.05) is 0 Å². The second-order valence-electron chi connectivity index (χ2n) is 6.52. The molecule has 0 radical (unpaired) electrons. The van der Waals surface area contributed by atoms with Crippen LogP contribution in [-0.2, 0) is 28.5 Å². The van der Waals surface area contributed by atoms with Crippen LogP contribution < -0.4 is 0 Å². The van der Waals surface area contributed by atoms with E-state index < -0.39 is 23.7 Å². The molecule has 1 atom stereocenters. The van der Waals surface area contributed by atoms with E-state index in [1.165, 1.54) is 6.92 Å². The van der Waals surface area contributed by atoms with Crippen LogP contribution in [0.1, 0.15) is 27.7 Å². The second-order valence-corrected chi connectivity index (χ2v) is 6.52. The number of carbonyl (C=O) groups is 2. The SMILES string of the molecule is COCCOCCOCCOCCN(C(=O)OC(C)(C)C)[C@@H](C)C(=O)O. The Kier molecular flexibility index (Phi) is 13.0. The minimum Gasteiger partial charge on any atom is -0.480 e. The van der Waals surface area contributed by atoms with E-state index in [0.29, 0.717) is 39.6 Å². The third-order valence-corrected chi connectivity index (χ3v) is 3.11. The molecular weight excluding hydrogens is 346 g/mol. The maximum atomic E-state index is 12.2. The van der Waals surface area contributed by atoms with Gasteiger partial charge in [0, 0.05) is 13.7 Å². The Balaban J connectivity index is 4.00. The molecule has 26 heavy (non-hydrogen) atoms. The van der Waals surface area contributed by atoms with Gasteiger partial charge in [-0.15, -0.1) is 0 Å². The quantitative estimate of drug-likeness (QED) is 0.452. The summed E-state index contributed by atoms with van der Waals surface area (Å²) in [6, 6.07) is -1.01. The predicted molar refractivity (Wildman–Crippen MR) is 94.4 cm³/mol. The van der Waals surface area contributed by atoms with E-state index in [1.54, 1.807) is 27.9 Å². The Bertz CT molecular complexity index is 397. The zero-order valence-electron chi connectivity index (χ0n) is 16.5. The molecule has 9 nitrogen and oxygen atoms in total. The van der Waals surface area contributed by atoms with Crippen molar-refractivity contribution >= 4 is 12.1 Å². The smallest absolute Gasteiger partial charge is 0.411 e. The van der Waals surface area contributed by atoms with Crippen molar-refractivity contribution in [2.45, 2.75) is 39.3 Å². The fourth-order valence-corrected chi connectivity index (χ4v) is 1.74. The van der Waals surface area contributed by atoms with E-state index >= 15 is 0 Å². The van der Waals surface area contributed by atoms with Gasteiger partial charge in [0.2, 0.25) is 0 Å². The molecule has 9 heteroatoms. The van der Waals surface area contributed by atoms with Crippen molar-refractivity contribution in [3.63, 3.8) is 0 Å². The summed E-state index contributed by atoms with van der Waals surface area (Å²) in [7, 11) is 1.61. The zero-order chi connectivity index (χ0) is 20.0. The highest BCUT2D eigenvalue weighted by atomic mass is 16.6. The summed E-state index contributed by atoms with van der Waals surface area (Å²) in [5.74, 6) is -1.10. The third-order valence-electron chi connectivity index (χ3n) is 3.11. The molecule has 1 N–H and O–H groups in total. The highest BCUT2D eigenvalue weighted by Gasteiger charge is 2.29. The van der Waals surface area contributed by atoms with Gasteiger partial charge in [0.05, 0.1) is 46.2 Å². The number of ether oxygens (including phenoxy) is 5. The van der Waals surface area contributed by atoms with Gasteiger partial charge in [0.15, 0.2) is 0 Å². The lowest BCUT2D eigenvalue weighted by molar-refractivity contribution is -0.142. The van der Waals surface area contributed by atoms with Crippen molar-refractivity contribution in [2.75, 3.05) is 59.9 Å². The molecule has 0 fully saturated rings. The summed E-state index contributed by atoms with van der Waals surface area (Å²) < 4.78 is 26.1.